The van der Waals surface area contributed by atoms with Crippen LogP contribution in [-0.2, 0) is 0 Å². The van der Waals surface area contributed by atoms with Crippen molar-refractivity contribution in [1.82, 2.24) is 19.9 Å². The van der Waals surface area contributed by atoms with Crippen LogP contribution in [0.15, 0.2) is 134 Å². The van der Waals surface area contributed by atoms with Gasteiger partial charge in [-0.15, -0.1) is 0 Å². The molecule has 40 heavy (non-hydrogen) atoms. The number of hydrogen-bond donors (Lipinski definition) is 0. The molecule has 0 atom stereocenters. The minimum Gasteiger partial charge on any atom is -0.256 e. The lowest BCUT2D eigenvalue weighted by molar-refractivity contribution is 1.36. The molecular weight excluding hydrogens is 488 g/mol. The van der Waals surface area contributed by atoms with Crippen molar-refractivity contribution < 1.29 is 0 Å². The SMILES string of the molecule is c1ccc(-c2cc(-c3ccnc4ccccc34)c3ccc4c(-c5ccnc6ccccc56)ccnc4c3n2)cc1. The molecule has 0 radical (unpaired) electrons. The van der Waals surface area contributed by atoms with E-state index < -0.39 is 0 Å². The average Bonchev–Trinajstić information content (AvgIpc) is 3.04. The Morgan fingerprint density at radius 1 is 0.375 bits per heavy atom. The molecule has 0 amide bonds. The van der Waals surface area contributed by atoms with Gasteiger partial charge in [-0.2, -0.15) is 0 Å². The molecule has 0 saturated carbocycles. The molecule has 0 aliphatic carbocycles. The Morgan fingerprint density at radius 3 is 1.57 bits per heavy atom. The van der Waals surface area contributed by atoms with Gasteiger partial charge in [-0.25, -0.2) is 4.98 Å². The normalized spacial score (nSPS) is 11.5. The van der Waals surface area contributed by atoms with E-state index in [-0.39, 0.29) is 0 Å². The third kappa shape index (κ3) is 3.54. The molecule has 0 aliphatic rings. The van der Waals surface area contributed by atoms with Crippen molar-refractivity contribution in [2.75, 3.05) is 0 Å². The molecule has 0 saturated heterocycles. The second-order valence-electron chi connectivity index (χ2n) is 9.89. The summed E-state index contributed by atoms with van der Waals surface area (Å²) in [5.41, 5.74) is 10.2. The first-order valence-corrected chi connectivity index (χ1v) is 13.3. The Labute approximate surface area is 230 Å². The lowest BCUT2D eigenvalue weighted by atomic mass is 9.93. The van der Waals surface area contributed by atoms with Gasteiger partial charge in [-0.05, 0) is 58.7 Å². The van der Waals surface area contributed by atoms with Gasteiger partial charge < -0.3 is 0 Å². The van der Waals surface area contributed by atoms with E-state index in [1.165, 1.54) is 0 Å². The monoisotopic (exact) mass is 510 g/mol. The number of aromatic nitrogens is 4. The quantitative estimate of drug-likeness (QED) is 0.223. The predicted octanol–water partition coefficient (Wildman–Crippen LogP) is 8.88. The summed E-state index contributed by atoms with van der Waals surface area (Å²) in [6.45, 7) is 0. The fourth-order valence-electron chi connectivity index (χ4n) is 5.78. The van der Waals surface area contributed by atoms with Crippen LogP contribution in [0.5, 0.6) is 0 Å². The predicted molar refractivity (Wildman–Crippen MR) is 164 cm³/mol. The maximum Gasteiger partial charge on any atom is 0.0978 e. The Kier molecular flexibility index (Phi) is 5.10. The topological polar surface area (TPSA) is 51.6 Å². The van der Waals surface area contributed by atoms with Gasteiger partial charge in [0.05, 0.1) is 27.8 Å². The number of fused-ring (bicyclic) bond motifs is 5. The molecular formula is C36H22N4. The zero-order valence-corrected chi connectivity index (χ0v) is 21.5. The third-order valence-electron chi connectivity index (χ3n) is 7.64. The first kappa shape index (κ1) is 22.5. The number of benzene rings is 4. The van der Waals surface area contributed by atoms with Crippen LogP contribution in [0.25, 0.3) is 77.1 Å². The van der Waals surface area contributed by atoms with E-state index in [2.05, 4.69) is 107 Å². The molecule has 186 valence electrons. The van der Waals surface area contributed by atoms with Crippen molar-refractivity contribution in [2.45, 2.75) is 0 Å². The summed E-state index contributed by atoms with van der Waals surface area (Å²) in [6.07, 6.45) is 5.66. The molecule has 4 aromatic carbocycles. The highest BCUT2D eigenvalue weighted by molar-refractivity contribution is 6.15. The van der Waals surface area contributed by atoms with Crippen LogP contribution in [0.4, 0.5) is 0 Å². The Morgan fingerprint density at radius 2 is 0.900 bits per heavy atom. The van der Waals surface area contributed by atoms with Crippen molar-refractivity contribution >= 4 is 43.6 Å². The zero-order chi connectivity index (χ0) is 26.5. The molecule has 0 unspecified atom stereocenters. The average molecular weight is 511 g/mol. The van der Waals surface area contributed by atoms with Gasteiger partial charge in [-0.1, -0.05) is 78.9 Å². The third-order valence-corrected chi connectivity index (χ3v) is 7.64. The van der Waals surface area contributed by atoms with Crippen LogP contribution in [-0.4, -0.2) is 19.9 Å². The lowest BCUT2D eigenvalue weighted by Crippen LogP contribution is -1.94. The largest absolute Gasteiger partial charge is 0.256 e. The van der Waals surface area contributed by atoms with Crippen molar-refractivity contribution in [1.29, 1.82) is 0 Å². The number of rotatable bonds is 3. The number of pyridine rings is 4. The fraction of sp³-hybridized carbons (Fsp3) is 0. The maximum absolute atomic E-state index is 5.25. The summed E-state index contributed by atoms with van der Waals surface area (Å²) < 4.78 is 0. The van der Waals surface area contributed by atoms with Crippen LogP contribution in [0.1, 0.15) is 0 Å². The summed E-state index contributed by atoms with van der Waals surface area (Å²) in [4.78, 5) is 19.4. The van der Waals surface area contributed by atoms with Crippen LogP contribution in [0, 0.1) is 0 Å². The summed E-state index contributed by atoms with van der Waals surface area (Å²) in [5.74, 6) is 0. The van der Waals surface area contributed by atoms with E-state index in [4.69, 9.17) is 9.97 Å². The van der Waals surface area contributed by atoms with Crippen LogP contribution in [0.3, 0.4) is 0 Å². The van der Waals surface area contributed by atoms with Crippen molar-refractivity contribution in [3.8, 4) is 33.5 Å². The molecule has 0 N–H and O–H groups in total. The highest BCUT2D eigenvalue weighted by Crippen LogP contribution is 2.40. The van der Waals surface area contributed by atoms with Crippen LogP contribution in [0.2, 0.25) is 0 Å². The highest BCUT2D eigenvalue weighted by atomic mass is 14.8. The number of para-hydroxylation sites is 2. The molecule has 4 heterocycles. The minimum atomic E-state index is 0.883. The Balaban J connectivity index is 1.48. The molecule has 0 spiro atoms. The molecule has 0 bridgehead atoms. The van der Waals surface area contributed by atoms with Crippen LogP contribution < -0.4 is 0 Å². The van der Waals surface area contributed by atoms with Crippen molar-refractivity contribution in [2.24, 2.45) is 0 Å². The van der Waals surface area contributed by atoms with Gasteiger partial charge in [0, 0.05) is 45.7 Å². The van der Waals surface area contributed by atoms with Crippen LogP contribution >= 0.6 is 0 Å². The van der Waals surface area contributed by atoms with E-state index >= 15 is 0 Å². The minimum absolute atomic E-state index is 0.883. The van der Waals surface area contributed by atoms with Gasteiger partial charge in [0.1, 0.15) is 0 Å². The first-order chi connectivity index (χ1) is 19.8. The van der Waals surface area contributed by atoms with E-state index in [0.29, 0.717) is 0 Å². The smallest absolute Gasteiger partial charge is 0.0978 e. The van der Waals surface area contributed by atoms with E-state index in [9.17, 15) is 0 Å². The van der Waals surface area contributed by atoms with Gasteiger partial charge in [0.25, 0.3) is 0 Å². The maximum atomic E-state index is 5.25. The van der Waals surface area contributed by atoms with Crippen molar-refractivity contribution in [3.05, 3.63) is 134 Å². The highest BCUT2D eigenvalue weighted by Gasteiger charge is 2.17. The summed E-state index contributed by atoms with van der Waals surface area (Å²) in [7, 11) is 0. The van der Waals surface area contributed by atoms with Gasteiger partial charge in [0.2, 0.25) is 0 Å². The van der Waals surface area contributed by atoms with Crippen molar-refractivity contribution in [3.63, 3.8) is 0 Å². The Hall–Kier alpha value is -5.48. The Bertz CT molecular complexity index is 2210. The number of nitrogens with zero attached hydrogens (tertiary/aromatic N) is 4. The lowest BCUT2D eigenvalue weighted by Gasteiger charge is -2.15. The van der Waals surface area contributed by atoms with E-state index in [1.807, 2.05) is 36.8 Å². The molecule has 4 heteroatoms. The molecule has 8 rings (SSSR count). The number of hydrogen-bond acceptors (Lipinski definition) is 4. The second-order valence-corrected chi connectivity index (χ2v) is 9.89. The second kappa shape index (κ2) is 9.07. The van der Waals surface area contributed by atoms with Gasteiger partial charge in [-0.3, -0.25) is 15.0 Å². The molecule has 0 fully saturated rings. The summed E-state index contributed by atoms with van der Waals surface area (Å²) in [5, 5.41) is 4.36. The summed E-state index contributed by atoms with van der Waals surface area (Å²) in [6, 6.07) is 39.8. The van der Waals surface area contributed by atoms with E-state index in [1.54, 1.807) is 0 Å². The zero-order valence-electron chi connectivity index (χ0n) is 21.5. The summed E-state index contributed by atoms with van der Waals surface area (Å²) >= 11 is 0. The van der Waals surface area contributed by atoms with Gasteiger partial charge in [0.15, 0.2) is 0 Å². The molecule has 0 aliphatic heterocycles. The van der Waals surface area contributed by atoms with E-state index in [0.717, 1.165) is 77.1 Å². The fourth-order valence-corrected chi connectivity index (χ4v) is 5.78. The standard InChI is InChI=1S/C36H22N4/c1-2-8-23(9-3-1)34-22-31(26-17-20-38-33-13-7-5-11-28(26)33)30-15-14-29-25(18-21-39-35(29)36(30)40-34)24-16-19-37-32-12-6-4-10-27(24)32/h1-22H. The molecule has 4 nitrogen and oxygen atoms in total. The van der Waals surface area contributed by atoms with Gasteiger partial charge >= 0.3 is 0 Å². The molecule has 4 aromatic heterocycles. The molecule has 8 aromatic rings. The first-order valence-electron chi connectivity index (χ1n) is 13.3.